The van der Waals surface area contributed by atoms with E-state index in [-0.39, 0.29) is 18.0 Å². The number of amides is 1. The lowest BCUT2D eigenvalue weighted by molar-refractivity contribution is 0.0700. The third-order valence-corrected chi connectivity index (χ3v) is 9.43. The zero-order valence-electron chi connectivity index (χ0n) is 23.9. The van der Waals surface area contributed by atoms with Crippen molar-refractivity contribution >= 4 is 27.8 Å². The van der Waals surface area contributed by atoms with Gasteiger partial charge in [-0.15, -0.1) is 0 Å². The Morgan fingerprint density at radius 2 is 1.95 bits per heavy atom. The monoisotopic (exact) mass is 562 g/mol. The van der Waals surface area contributed by atoms with E-state index in [4.69, 9.17) is 20.2 Å². The maximum atomic E-state index is 13.7. The van der Waals surface area contributed by atoms with Crippen LogP contribution in [0.2, 0.25) is 0 Å². The second-order valence-corrected chi connectivity index (χ2v) is 12.1. The number of piperidine rings is 1. The van der Waals surface area contributed by atoms with Crippen LogP contribution in [0.3, 0.4) is 0 Å². The van der Waals surface area contributed by atoms with Crippen LogP contribution in [0, 0.1) is 11.8 Å². The molecule has 0 radical (unpaired) electrons. The van der Waals surface area contributed by atoms with Crippen LogP contribution in [0.1, 0.15) is 36.0 Å². The quantitative estimate of drug-likeness (QED) is 0.287. The summed E-state index contributed by atoms with van der Waals surface area (Å²) in [5.41, 5.74) is 10.8. The number of hydrogen-bond acceptors (Lipinski definition) is 6. The molecule has 1 saturated heterocycles. The largest absolute Gasteiger partial charge is 0.494 e. The normalized spacial score (nSPS) is 21.5. The molecule has 0 spiro atoms. The summed E-state index contributed by atoms with van der Waals surface area (Å²) >= 11 is 0. The smallest absolute Gasteiger partial charge is 0.254 e. The number of nitrogens with two attached hydrogens (primary N) is 1. The molecule has 42 heavy (non-hydrogen) atoms. The van der Waals surface area contributed by atoms with Gasteiger partial charge in [0.15, 0.2) is 5.82 Å². The molecule has 2 aromatic carbocycles. The van der Waals surface area contributed by atoms with E-state index in [0.29, 0.717) is 28.9 Å². The number of rotatable bonds is 7. The SMILES string of the molecule is COc1cc(C(=O)N2CC3CCC2C3N)cc2nc(-c3cc4ccc(Oc5cccnc5)cc4n3CC3CC3)n(C)c12. The summed E-state index contributed by atoms with van der Waals surface area (Å²) in [7, 11) is 3.67. The lowest BCUT2D eigenvalue weighted by Gasteiger charge is -2.27. The maximum Gasteiger partial charge on any atom is 0.254 e. The highest BCUT2D eigenvalue weighted by atomic mass is 16.5. The standard InChI is InChI=1S/C33H34N6O3/c1-37-31-25(12-22(14-29(31)41-2)33(40)39-18-21-8-10-26(39)30(21)34)36-32(37)28-13-20-7-9-23(42-24-4-3-11-35-16-24)15-27(20)38(28)17-19-5-6-19/h3-4,7,9,11-16,19,21,26,30H,5-6,8,10,17-18,34H2,1-2H3. The third-order valence-electron chi connectivity index (χ3n) is 9.43. The predicted molar refractivity (Wildman–Crippen MR) is 161 cm³/mol. The summed E-state index contributed by atoms with van der Waals surface area (Å²) in [4.78, 5) is 24.9. The second-order valence-electron chi connectivity index (χ2n) is 12.1. The van der Waals surface area contributed by atoms with Gasteiger partial charge in [0.2, 0.25) is 0 Å². The van der Waals surface area contributed by atoms with Crippen molar-refractivity contribution in [1.29, 1.82) is 0 Å². The van der Waals surface area contributed by atoms with Crippen molar-refractivity contribution in [2.75, 3.05) is 13.7 Å². The number of carbonyl (C=O) groups is 1. The highest BCUT2D eigenvalue weighted by Gasteiger charge is 2.47. The lowest BCUT2D eigenvalue weighted by atomic mass is 10.1. The van der Waals surface area contributed by atoms with Gasteiger partial charge in [-0.2, -0.15) is 0 Å². The fourth-order valence-electron chi connectivity index (χ4n) is 7.05. The van der Waals surface area contributed by atoms with Crippen molar-refractivity contribution in [1.82, 2.24) is 24.0 Å². The van der Waals surface area contributed by atoms with E-state index >= 15 is 0 Å². The van der Waals surface area contributed by atoms with Crippen molar-refractivity contribution < 1.29 is 14.3 Å². The minimum atomic E-state index is 0.00838. The van der Waals surface area contributed by atoms with Gasteiger partial charge in [-0.25, -0.2) is 4.98 Å². The Hall–Kier alpha value is -4.37. The first-order valence-electron chi connectivity index (χ1n) is 14.8. The molecule has 1 aliphatic heterocycles. The zero-order chi connectivity index (χ0) is 28.5. The van der Waals surface area contributed by atoms with Crippen LogP contribution in [0.4, 0.5) is 0 Å². The molecule has 214 valence electrons. The van der Waals surface area contributed by atoms with Gasteiger partial charge in [0, 0.05) is 55.4 Å². The number of imidazole rings is 1. The molecule has 2 bridgehead atoms. The Kier molecular flexibility index (Phi) is 5.79. The Morgan fingerprint density at radius 3 is 2.67 bits per heavy atom. The minimum Gasteiger partial charge on any atom is -0.494 e. The highest BCUT2D eigenvalue weighted by Crippen LogP contribution is 2.41. The molecule has 3 fully saturated rings. The number of carbonyl (C=O) groups excluding carboxylic acids is 1. The number of aromatic nitrogens is 4. The van der Waals surface area contributed by atoms with E-state index in [1.165, 1.54) is 12.8 Å². The Labute approximate surface area is 243 Å². The van der Waals surface area contributed by atoms with E-state index in [1.54, 1.807) is 19.5 Å². The minimum absolute atomic E-state index is 0.00838. The van der Waals surface area contributed by atoms with Gasteiger partial charge in [0.1, 0.15) is 22.8 Å². The Morgan fingerprint density at radius 1 is 1.07 bits per heavy atom. The first kappa shape index (κ1) is 25.3. The first-order valence-corrected chi connectivity index (χ1v) is 14.8. The number of methoxy groups -OCH3 is 1. The summed E-state index contributed by atoms with van der Waals surface area (Å²) < 4.78 is 16.4. The lowest BCUT2D eigenvalue weighted by Crippen LogP contribution is -2.41. The molecule has 2 saturated carbocycles. The first-order chi connectivity index (χ1) is 20.5. The van der Waals surface area contributed by atoms with Gasteiger partial charge in [-0.05, 0) is 80.0 Å². The molecule has 2 N–H and O–H groups in total. The van der Waals surface area contributed by atoms with E-state index < -0.39 is 0 Å². The molecular formula is C33H34N6O3. The molecule has 9 nitrogen and oxygen atoms in total. The summed E-state index contributed by atoms with van der Waals surface area (Å²) in [6.07, 6.45) is 8.00. The third kappa shape index (κ3) is 4.06. The fraction of sp³-hybridized carbons (Fsp3) is 0.364. The summed E-state index contributed by atoms with van der Waals surface area (Å²) in [6, 6.07) is 16.1. The molecule has 9 heteroatoms. The van der Waals surface area contributed by atoms with Crippen molar-refractivity contribution in [2.45, 2.75) is 44.3 Å². The molecule has 3 aromatic heterocycles. The number of fused-ring (bicyclic) bond motifs is 4. The van der Waals surface area contributed by atoms with Gasteiger partial charge in [-0.3, -0.25) is 9.78 Å². The van der Waals surface area contributed by atoms with Gasteiger partial charge in [-0.1, -0.05) is 0 Å². The van der Waals surface area contributed by atoms with Gasteiger partial charge in [0.05, 0.1) is 30.0 Å². The average molecular weight is 563 g/mol. The van der Waals surface area contributed by atoms with Crippen LogP contribution in [0.25, 0.3) is 33.5 Å². The number of hydrogen-bond donors (Lipinski definition) is 1. The fourth-order valence-corrected chi connectivity index (χ4v) is 7.05. The van der Waals surface area contributed by atoms with E-state index in [0.717, 1.165) is 65.1 Å². The number of benzene rings is 2. The van der Waals surface area contributed by atoms with Gasteiger partial charge >= 0.3 is 0 Å². The van der Waals surface area contributed by atoms with Gasteiger partial charge < -0.3 is 29.2 Å². The Balaban J connectivity index is 1.21. The van der Waals surface area contributed by atoms with Crippen LogP contribution in [-0.4, -0.2) is 55.6 Å². The Bertz CT molecular complexity index is 1840. The molecule has 2 aliphatic carbocycles. The van der Waals surface area contributed by atoms with Crippen molar-refractivity contribution in [3.63, 3.8) is 0 Å². The second kappa shape index (κ2) is 9.59. The predicted octanol–water partition coefficient (Wildman–Crippen LogP) is 5.36. The molecule has 3 aliphatic rings. The zero-order valence-corrected chi connectivity index (χ0v) is 23.9. The van der Waals surface area contributed by atoms with E-state index in [9.17, 15) is 4.79 Å². The average Bonchev–Trinajstić information content (AvgIpc) is 3.42. The molecule has 8 rings (SSSR count). The molecule has 3 unspecified atom stereocenters. The molecule has 3 atom stereocenters. The number of ether oxygens (including phenoxy) is 2. The van der Waals surface area contributed by atoms with Crippen LogP contribution in [0.15, 0.2) is 60.9 Å². The van der Waals surface area contributed by atoms with Crippen molar-refractivity contribution in [3.8, 4) is 28.8 Å². The maximum absolute atomic E-state index is 13.7. The van der Waals surface area contributed by atoms with Crippen LogP contribution < -0.4 is 15.2 Å². The summed E-state index contributed by atoms with van der Waals surface area (Å²) in [5, 5.41) is 1.12. The van der Waals surface area contributed by atoms with E-state index in [1.807, 2.05) is 42.3 Å². The topological polar surface area (TPSA) is 100 Å². The molecular weight excluding hydrogens is 528 g/mol. The molecule has 4 heterocycles. The molecule has 1 amide bonds. The van der Waals surface area contributed by atoms with Crippen LogP contribution in [-0.2, 0) is 13.6 Å². The number of aryl methyl sites for hydroxylation is 1. The van der Waals surface area contributed by atoms with Crippen LogP contribution >= 0.6 is 0 Å². The highest BCUT2D eigenvalue weighted by molar-refractivity contribution is 6.00. The summed E-state index contributed by atoms with van der Waals surface area (Å²) in [6.45, 7) is 1.64. The number of pyridine rings is 1. The number of nitrogens with zero attached hydrogens (tertiary/aromatic N) is 5. The van der Waals surface area contributed by atoms with Crippen molar-refractivity contribution in [3.05, 3.63) is 66.5 Å². The van der Waals surface area contributed by atoms with Crippen molar-refractivity contribution in [2.24, 2.45) is 24.6 Å². The number of likely N-dealkylation sites (tertiary alicyclic amines) is 1. The summed E-state index contributed by atoms with van der Waals surface area (Å²) in [5.74, 6) is 4.00. The van der Waals surface area contributed by atoms with E-state index in [2.05, 4.69) is 32.3 Å². The van der Waals surface area contributed by atoms with Crippen LogP contribution in [0.5, 0.6) is 17.2 Å². The van der Waals surface area contributed by atoms with Gasteiger partial charge in [0.25, 0.3) is 5.91 Å². The molecule has 5 aromatic rings.